The predicted octanol–water partition coefficient (Wildman–Crippen LogP) is 1.34. The molecule has 0 bridgehead atoms. The summed E-state index contributed by atoms with van der Waals surface area (Å²) >= 11 is 0. The molecule has 1 rings (SSSR count). The van der Waals surface area contributed by atoms with Gasteiger partial charge in [-0.1, -0.05) is 0 Å². The van der Waals surface area contributed by atoms with Gasteiger partial charge in [0, 0.05) is 0 Å². The van der Waals surface area contributed by atoms with E-state index in [4.69, 9.17) is 5.11 Å². The van der Waals surface area contributed by atoms with Crippen molar-refractivity contribution in [3.8, 4) is 0 Å². The van der Waals surface area contributed by atoms with Crippen molar-refractivity contribution >= 4 is 5.97 Å². The zero-order chi connectivity index (χ0) is 9.14. The molecular weight excluding hydrogens is 170 g/mol. The van der Waals surface area contributed by atoms with Crippen LogP contribution in [0.3, 0.4) is 0 Å². The number of rotatable bonds is 4. The number of ether oxygens (including phenoxy) is 1. The summed E-state index contributed by atoms with van der Waals surface area (Å²) in [6.07, 6.45) is 1.25. The highest BCUT2D eigenvalue weighted by Crippen LogP contribution is 2.34. The van der Waals surface area contributed by atoms with Crippen molar-refractivity contribution in [2.45, 2.75) is 19.5 Å². The zero-order valence-electron chi connectivity index (χ0n) is 6.37. The Kier molecular flexibility index (Phi) is 2.97. The lowest BCUT2D eigenvalue weighted by Gasteiger charge is -2.32. The zero-order valence-corrected chi connectivity index (χ0v) is 6.37. The van der Waals surface area contributed by atoms with Gasteiger partial charge in [0.1, 0.15) is 0 Å². The van der Waals surface area contributed by atoms with Gasteiger partial charge in [0.15, 0.2) is 0 Å². The molecular formula is C7H10F2O3. The summed E-state index contributed by atoms with van der Waals surface area (Å²) in [6, 6.07) is 0. The van der Waals surface area contributed by atoms with Crippen molar-refractivity contribution in [1.29, 1.82) is 0 Å². The third kappa shape index (κ3) is 2.14. The molecule has 0 aromatic carbocycles. The average molecular weight is 180 g/mol. The van der Waals surface area contributed by atoms with E-state index in [1.165, 1.54) is 0 Å². The molecule has 2 atom stereocenters. The number of alkyl halides is 2. The lowest BCUT2D eigenvalue weighted by atomic mass is 9.74. The van der Waals surface area contributed by atoms with Crippen molar-refractivity contribution in [1.82, 2.24) is 0 Å². The second-order valence-corrected chi connectivity index (χ2v) is 2.88. The van der Waals surface area contributed by atoms with E-state index in [0.29, 0.717) is 12.8 Å². The van der Waals surface area contributed by atoms with E-state index in [2.05, 4.69) is 4.74 Å². The maximum Gasteiger partial charge on any atom is 0.345 e. The predicted molar refractivity (Wildman–Crippen MR) is 35.8 cm³/mol. The van der Waals surface area contributed by atoms with Crippen LogP contribution in [0.2, 0.25) is 0 Å². The van der Waals surface area contributed by atoms with Gasteiger partial charge >= 0.3 is 12.6 Å². The van der Waals surface area contributed by atoms with Gasteiger partial charge in [-0.3, -0.25) is 4.79 Å². The topological polar surface area (TPSA) is 46.5 Å². The van der Waals surface area contributed by atoms with Crippen molar-refractivity contribution in [2.75, 3.05) is 6.61 Å². The number of halogens is 2. The fraction of sp³-hybridized carbons (Fsp3) is 0.857. The summed E-state index contributed by atoms with van der Waals surface area (Å²) in [5.74, 6) is -1.62. The Balaban J connectivity index is 2.21. The van der Waals surface area contributed by atoms with Crippen LogP contribution in [0.15, 0.2) is 0 Å². The first-order chi connectivity index (χ1) is 5.61. The number of hydrogen-bond donors (Lipinski definition) is 1. The monoisotopic (exact) mass is 180 g/mol. The van der Waals surface area contributed by atoms with E-state index < -0.39 is 18.5 Å². The fourth-order valence-corrected chi connectivity index (χ4v) is 1.29. The van der Waals surface area contributed by atoms with Crippen molar-refractivity contribution in [3.05, 3.63) is 0 Å². The second kappa shape index (κ2) is 3.80. The average Bonchev–Trinajstić information content (AvgIpc) is 1.82. The first-order valence-corrected chi connectivity index (χ1v) is 3.74. The number of carboxylic acid groups (broad SMARTS) is 1. The Labute approximate surface area is 68.3 Å². The van der Waals surface area contributed by atoms with Crippen molar-refractivity contribution in [2.24, 2.45) is 11.8 Å². The molecule has 0 aliphatic heterocycles. The molecule has 0 aromatic rings. The van der Waals surface area contributed by atoms with Crippen LogP contribution >= 0.6 is 0 Å². The largest absolute Gasteiger partial charge is 0.481 e. The SMILES string of the molecule is O=C(O)C1CCC1COC(F)F. The van der Waals surface area contributed by atoms with Crippen molar-refractivity contribution in [3.63, 3.8) is 0 Å². The Hall–Kier alpha value is -0.710. The van der Waals surface area contributed by atoms with Crippen LogP contribution in [0.4, 0.5) is 8.78 Å². The van der Waals surface area contributed by atoms with E-state index in [1.54, 1.807) is 0 Å². The molecule has 0 aromatic heterocycles. The molecule has 5 heteroatoms. The lowest BCUT2D eigenvalue weighted by molar-refractivity contribution is -0.165. The standard InChI is InChI=1S/C7H10F2O3/c8-7(9)12-3-4-1-2-5(4)6(10)11/h4-5,7H,1-3H2,(H,10,11). The van der Waals surface area contributed by atoms with Gasteiger partial charge in [0.05, 0.1) is 12.5 Å². The molecule has 2 unspecified atom stereocenters. The van der Waals surface area contributed by atoms with E-state index in [1.807, 2.05) is 0 Å². The molecule has 1 aliphatic rings. The molecule has 1 fully saturated rings. The number of carbonyl (C=O) groups is 1. The molecule has 0 saturated heterocycles. The second-order valence-electron chi connectivity index (χ2n) is 2.88. The quantitative estimate of drug-likeness (QED) is 0.710. The summed E-state index contributed by atoms with van der Waals surface area (Å²) in [4.78, 5) is 10.4. The van der Waals surface area contributed by atoms with Gasteiger partial charge in [0.25, 0.3) is 0 Å². The smallest absolute Gasteiger partial charge is 0.345 e. The van der Waals surface area contributed by atoms with Crippen LogP contribution in [0.5, 0.6) is 0 Å². The van der Waals surface area contributed by atoms with Gasteiger partial charge in [-0.25, -0.2) is 0 Å². The summed E-state index contributed by atoms with van der Waals surface area (Å²) in [6.45, 7) is -2.94. The summed E-state index contributed by atoms with van der Waals surface area (Å²) in [5, 5.41) is 8.53. The van der Waals surface area contributed by atoms with Crippen LogP contribution in [0.25, 0.3) is 0 Å². The van der Waals surface area contributed by atoms with Crippen LogP contribution in [-0.2, 0) is 9.53 Å². The molecule has 1 N–H and O–H groups in total. The van der Waals surface area contributed by atoms with Crippen molar-refractivity contribution < 1.29 is 23.4 Å². The first-order valence-electron chi connectivity index (χ1n) is 3.74. The summed E-state index contributed by atoms with van der Waals surface area (Å²) < 4.78 is 27.1. The van der Waals surface area contributed by atoms with Crippen LogP contribution in [0.1, 0.15) is 12.8 Å². The molecule has 0 amide bonds. The van der Waals surface area contributed by atoms with E-state index in [0.717, 1.165) is 0 Å². The summed E-state index contributed by atoms with van der Waals surface area (Å²) in [7, 11) is 0. The normalized spacial score (nSPS) is 28.6. The van der Waals surface area contributed by atoms with E-state index in [-0.39, 0.29) is 12.5 Å². The number of carboxylic acids is 1. The molecule has 0 spiro atoms. The molecule has 1 saturated carbocycles. The highest BCUT2D eigenvalue weighted by Gasteiger charge is 2.36. The molecule has 70 valence electrons. The fourth-order valence-electron chi connectivity index (χ4n) is 1.29. The molecule has 12 heavy (non-hydrogen) atoms. The van der Waals surface area contributed by atoms with Gasteiger partial charge < -0.3 is 9.84 Å². The Morgan fingerprint density at radius 2 is 2.25 bits per heavy atom. The highest BCUT2D eigenvalue weighted by atomic mass is 19.3. The Morgan fingerprint density at radius 3 is 2.58 bits per heavy atom. The van der Waals surface area contributed by atoms with Crippen LogP contribution in [0, 0.1) is 11.8 Å². The van der Waals surface area contributed by atoms with Gasteiger partial charge in [-0.2, -0.15) is 8.78 Å². The molecule has 1 aliphatic carbocycles. The number of aliphatic carboxylic acids is 1. The Morgan fingerprint density at radius 1 is 1.58 bits per heavy atom. The first kappa shape index (κ1) is 9.38. The van der Waals surface area contributed by atoms with Gasteiger partial charge in [-0.05, 0) is 18.8 Å². The third-order valence-electron chi connectivity index (χ3n) is 2.17. The minimum atomic E-state index is -2.79. The molecule has 3 nitrogen and oxygen atoms in total. The molecule has 0 radical (unpaired) electrons. The third-order valence-corrected chi connectivity index (χ3v) is 2.17. The highest BCUT2D eigenvalue weighted by molar-refractivity contribution is 5.71. The lowest BCUT2D eigenvalue weighted by Crippen LogP contribution is -2.36. The van der Waals surface area contributed by atoms with Gasteiger partial charge in [0.2, 0.25) is 0 Å². The maximum absolute atomic E-state index is 11.5. The van der Waals surface area contributed by atoms with Crippen LogP contribution in [-0.4, -0.2) is 24.3 Å². The number of hydrogen-bond acceptors (Lipinski definition) is 2. The Bertz CT molecular complexity index is 172. The van der Waals surface area contributed by atoms with Crippen LogP contribution < -0.4 is 0 Å². The molecule has 0 heterocycles. The maximum atomic E-state index is 11.5. The minimum Gasteiger partial charge on any atom is -0.481 e. The van der Waals surface area contributed by atoms with E-state index in [9.17, 15) is 13.6 Å². The minimum absolute atomic E-state index is 0.144. The summed E-state index contributed by atoms with van der Waals surface area (Å²) in [5.41, 5.74) is 0. The van der Waals surface area contributed by atoms with Gasteiger partial charge in [-0.15, -0.1) is 0 Å². The van der Waals surface area contributed by atoms with E-state index >= 15 is 0 Å².